The van der Waals surface area contributed by atoms with Gasteiger partial charge in [0, 0.05) is 18.4 Å². The van der Waals surface area contributed by atoms with Gasteiger partial charge in [-0.1, -0.05) is 19.9 Å². The number of allylic oxidation sites excluding steroid dienone is 2. The smallest absolute Gasteiger partial charge is 0.251 e. The molecular formula is C13H15BF3N. The highest BCUT2D eigenvalue weighted by molar-refractivity contribution is 6.30. The van der Waals surface area contributed by atoms with Gasteiger partial charge in [-0.05, 0) is 24.1 Å². The summed E-state index contributed by atoms with van der Waals surface area (Å²) in [6.45, 7) is 4.00. The summed E-state index contributed by atoms with van der Waals surface area (Å²) in [6, 6.07) is 2.66. The van der Waals surface area contributed by atoms with Gasteiger partial charge < -0.3 is 0 Å². The average molecular weight is 253 g/mol. The predicted octanol–water partition coefficient (Wildman–Crippen LogP) is 3.24. The average Bonchev–Trinajstić information content (AvgIpc) is 2.35. The van der Waals surface area contributed by atoms with Crippen LogP contribution in [-0.4, -0.2) is 18.8 Å². The van der Waals surface area contributed by atoms with E-state index in [1.54, 1.807) is 0 Å². The van der Waals surface area contributed by atoms with Gasteiger partial charge in [-0.25, -0.2) is 13.2 Å². The van der Waals surface area contributed by atoms with Gasteiger partial charge >= 0.3 is 0 Å². The molecule has 5 heteroatoms. The summed E-state index contributed by atoms with van der Waals surface area (Å²) in [5.41, 5.74) is 0.989. The van der Waals surface area contributed by atoms with Crippen LogP contribution < -0.4 is 5.59 Å². The van der Waals surface area contributed by atoms with Crippen LogP contribution in [0.25, 0.3) is 5.57 Å². The second kappa shape index (κ2) is 6.07. The molecule has 2 radical (unpaired) electrons. The van der Waals surface area contributed by atoms with Crippen LogP contribution >= 0.6 is 0 Å². The van der Waals surface area contributed by atoms with Crippen molar-refractivity contribution in [3.63, 3.8) is 0 Å². The zero-order chi connectivity index (χ0) is 13.8. The van der Waals surface area contributed by atoms with Crippen molar-refractivity contribution in [1.82, 2.24) is 4.98 Å². The molecule has 1 heterocycles. The van der Waals surface area contributed by atoms with Gasteiger partial charge in [0.2, 0.25) is 0 Å². The van der Waals surface area contributed by atoms with Crippen molar-refractivity contribution in [3.8, 4) is 0 Å². The van der Waals surface area contributed by atoms with Crippen LogP contribution in [0.15, 0.2) is 18.2 Å². The van der Waals surface area contributed by atoms with E-state index >= 15 is 0 Å². The molecule has 0 N–H and O–H groups in total. The van der Waals surface area contributed by atoms with Gasteiger partial charge in [0.1, 0.15) is 13.7 Å². The molecule has 18 heavy (non-hydrogen) atoms. The molecule has 96 valence electrons. The molecule has 2 rings (SSSR count). The van der Waals surface area contributed by atoms with Crippen LogP contribution in [0.1, 0.15) is 38.8 Å². The molecule has 1 aliphatic rings. The third-order valence-electron chi connectivity index (χ3n) is 2.61. The quantitative estimate of drug-likeness (QED) is 0.700. The summed E-state index contributed by atoms with van der Waals surface area (Å²) < 4.78 is 38.6. The van der Waals surface area contributed by atoms with E-state index in [2.05, 4.69) is 4.98 Å². The summed E-state index contributed by atoms with van der Waals surface area (Å²) in [4.78, 5) is 3.83. The summed E-state index contributed by atoms with van der Waals surface area (Å²) in [6.07, 6.45) is 1.20. The van der Waals surface area contributed by atoms with Crippen LogP contribution in [0.4, 0.5) is 13.2 Å². The Balaban J connectivity index is 0.000000771. The highest BCUT2D eigenvalue weighted by atomic mass is 19.3. The third-order valence-corrected chi connectivity index (χ3v) is 2.61. The number of hydrogen-bond acceptors (Lipinski definition) is 1. The fourth-order valence-electron chi connectivity index (χ4n) is 1.66. The minimum absolute atomic E-state index is 0.197. The van der Waals surface area contributed by atoms with Crippen molar-refractivity contribution in [3.05, 3.63) is 29.7 Å². The van der Waals surface area contributed by atoms with E-state index in [-0.39, 0.29) is 24.9 Å². The molecule has 0 atom stereocenters. The first-order valence-corrected chi connectivity index (χ1v) is 5.97. The number of nitrogens with zero attached hydrogens (tertiary/aromatic N) is 1. The predicted molar refractivity (Wildman–Crippen MR) is 67.7 cm³/mol. The minimum Gasteiger partial charge on any atom is -0.262 e. The van der Waals surface area contributed by atoms with Crippen LogP contribution in [0.2, 0.25) is 0 Å². The monoisotopic (exact) mass is 253 g/mol. The first kappa shape index (κ1) is 14.8. The summed E-state index contributed by atoms with van der Waals surface area (Å²) in [5, 5.41) is 0. The topological polar surface area (TPSA) is 12.9 Å². The molecule has 0 unspecified atom stereocenters. The number of alkyl halides is 2. The lowest BCUT2D eigenvalue weighted by Crippen LogP contribution is -2.20. The summed E-state index contributed by atoms with van der Waals surface area (Å²) in [7, 11) is 5.32. The maximum absolute atomic E-state index is 12.9. The van der Waals surface area contributed by atoms with Crippen LogP contribution in [0, 0.1) is 5.82 Å². The Bertz CT molecular complexity index is 444. The normalized spacial score (nSPS) is 17.5. The third kappa shape index (κ3) is 3.62. The van der Waals surface area contributed by atoms with E-state index in [0.29, 0.717) is 11.3 Å². The number of rotatable bonds is 1. The molecule has 0 amide bonds. The van der Waals surface area contributed by atoms with Gasteiger partial charge in [-0.15, -0.1) is 0 Å². The van der Waals surface area contributed by atoms with Gasteiger partial charge in [0.15, 0.2) is 0 Å². The highest BCUT2D eigenvalue weighted by Crippen LogP contribution is 2.35. The molecule has 0 bridgehead atoms. The molecule has 0 aliphatic heterocycles. The van der Waals surface area contributed by atoms with E-state index in [0.717, 1.165) is 0 Å². The Morgan fingerprint density at radius 1 is 1.28 bits per heavy atom. The zero-order valence-electron chi connectivity index (χ0n) is 10.5. The lowest BCUT2D eigenvalue weighted by Gasteiger charge is -2.21. The molecule has 0 saturated carbocycles. The number of halogens is 3. The Morgan fingerprint density at radius 2 is 1.94 bits per heavy atom. The maximum Gasteiger partial charge on any atom is 0.251 e. The van der Waals surface area contributed by atoms with Crippen LogP contribution in [0.3, 0.4) is 0 Å². The Morgan fingerprint density at radius 3 is 2.44 bits per heavy atom. The first-order valence-electron chi connectivity index (χ1n) is 5.97. The maximum atomic E-state index is 12.9. The summed E-state index contributed by atoms with van der Waals surface area (Å²) >= 11 is 0. The Hall–Kier alpha value is -1.26. The van der Waals surface area contributed by atoms with Crippen molar-refractivity contribution < 1.29 is 13.2 Å². The number of pyridine rings is 1. The van der Waals surface area contributed by atoms with Gasteiger partial charge in [-0.3, -0.25) is 4.98 Å². The molecule has 1 nitrogen and oxygen atoms in total. The standard InChI is InChI=1S/C11H9BF3N.C2H6/c12-10-8(13)1-2-9(16-10)7-3-5-11(14,15)6-4-7;1-2/h1-3H,4-6H2;1-2H3. The highest BCUT2D eigenvalue weighted by Gasteiger charge is 2.31. The molecule has 1 aromatic heterocycles. The van der Waals surface area contributed by atoms with Crippen molar-refractivity contribution in [1.29, 1.82) is 0 Å². The fraction of sp³-hybridized carbons (Fsp3) is 0.462. The van der Waals surface area contributed by atoms with Gasteiger partial charge in [0.05, 0.1) is 5.69 Å². The van der Waals surface area contributed by atoms with Crippen molar-refractivity contribution >= 4 is 19.0 Å². The van der Waals surface area contributed by atoms with E-state index in [9.17, 15) is 13.2 Å². The van der Waals surface area contributed by atoms with E-state index in [4.69, 9.17) is 7.85 Å². The minimum atomic E-state index is -2.63. The number of hydrogen-bond donors (Lipinski definition) is 0. The van der Waals surface area contributed by atoms with Crippen molar-refractivity contribution in [2.24, 2.45) is 0 Å². The van der Waals surface area contributed by atoms with Gasteiger partial charge in [-0.2, -0.15) is 0 Å². The fourth-order valence-corrected chi connectivity index (χ4v) is 1.66. The SMILES string of the molecule is CC.[B]c1nc(C2=CCC(F)(F)CC2)ccc1F. The second-order valence-corrected chi connectivity index (χ2v) is 3.85. The summed E-state index contributed by atoms with van der Waals surface area (Å²) in [5.74, 6) is -3.22. The number of aromatic nitrogens is 1. The van der Waals surface area contributed by atoms with Crippen LogP contribution in [0.5, 0.6) is 0 Å². The largest absolute Gasteiger partial charge is 0.262 e. The molecule has 0 aromatic carbocycles. The Kier molecular flexibility index (Phi) is 4.99. The molecule has 1 aromatic rings. The molecular weight excluding hydrogens is 238 g/mol. The van der Waals surface area contributed by atoms with E-state index < -0.39 is 11.7 Å². The van der Waals surface area contributed by atoms with Gasteiger partial charge in [0.25, 0.3) is 5.92 Å². The van der Waals surface area contributed by atoms with E-state index in [1.165, 1.54) is 18.2 Å². The molecule has 0 fully saturated rings. The molecule has 0 saturated heterocycles. The van der Waals surface area contributed by atoms with Crippen molar-refractivity contribution in [2.45, 2.75) is 39.0 Å². The second-order valence-electron chi connectivity index (χ2n) is 3.85. The van der Waals surface area contributed by atoms with Crippen LogP contribution in [-0.2, 0) is 0 Å². The lowest BCUT2D eigenvalue weighted by molar-refractivity contribution is -0.00605. The van der Waals surface area contributed by atoms with E-state index in [1.807, 2.05) is 13.8 Å². The first-order chi connectivity index (χ1) is 8.48. The molecule has 1 aliphatic carbocycles. The Labute approximate surface area is 107 Å². The van der Waals surface area contributed by atoms with Crippen molar-refractivity contribution in [2.75, 3.05) is 0 Å². The zero-order valence-corrected chi connectivity index (χ0v) is 10.5. The lowest BCUT2D eigenvalue weighted by atomic mass is 9.93. The molecule has 0 spiro atoms.